The summed E-state index contributed by atoms with van der Waals surface area (Å²) in [5.74, 6) is -0.0334. The second-order valence-corrected chi connectivity index (χ2v) is 9.14. The smallest absolute Gasteiger partial charge is 0.321 e. The normalized spacial score (nSPS) is 19.1. The number of hydrogen-bond donors (Lipinski definition) is 2. The number of fused-ring (bicyclic) bond motifs is 4. The zero-order chi connectivity index (χ0) is 23.7. The average molecular weight is 452 g/mol. The van der Waals surface area contributed by atoms with Crippen molar-refractivity contribution in [1.29, 1.82) is 0 Å². The number of carbonyl (C=O) groups excluding carboxylic acids is 3. The minimum Gasteiger partial charge on any atom is -0.324 e. The van der Waals surface area contributed by atoms with Crippen molar-refractivity contribution in [3.8, 4) is 0 Å². The van der Waals surface area contributed by atoms with Crippen molar-refractivity contribution in [2.24, 2.45) is 5.92 Å². The number of nitrogens with zero attached hydrogens (tertiary/aromatic N) is 3. The summed E-state index contributed by atoms with van der Waals surface area (Å²) < 4.78 is 1.75. The van der Waals surface area contributed by atoms with Crippen molar-refractivity contribution in [2.45, 2.75) is 25.8 Å². The van der Waals surface area contributed by atoms with Gasteiger partial charge in [0.2, 0.25) is 5.91 Å². The molecular weight excluding hydrogens is 422 g/mol. The lowest BCUT2D eigenvalue weighted by atomic mass is 9.83. The summed E-state index contributed by atoms with van der Waals surface area (Å²) in [7, 11) is 3.59. The van der Waals surface area contributed by atoms with Crippen LogP contribution < -0.4 is 16.2 Å². The summed E-state index contributed by atoms with van der Waals surface area (Å²) in [5.41, 5.74) is 2.22. The predicted octanol–water partition coefficient (Wildman–Crippen LogP) is 2.20. The summed E-state index contributed by atoms with van der Waals surface area (Å²) in [6.45, 7) is 3.29. The van der Waals surface area contributed by atoms with Gasteiger partial charge in [-0.25, -0.2) is 4.79 Å². The van der Waals surface area contributed by atoms with Crippen LogP contribution in [0.25, 0.3) is 0 Å². The van der Waals surface area contributed by atoms with Crippen molar-refractivity contribution < 1.29 is 14.4 Å². The van der Waals surface area contributed by atoms with Crippen molar-refractivity contribution in [3.05, 3.63) is 58.0 Å². The number of likely N-dealkylation sites (tertiary alicyclic amines) is 1. The highest BCUT2D eigenvalue weighted by Crippen LogP contribution is 2.35. The lowest BCUT2D eigenvalue weighted by molar-refractivity contribution is -0.116. The molecule has 1 aromatic carbocycles. The largest absolute Gasteiger partial charge is 0.324 e. The maximum absolute atomic E-state index is 13.0. The fraction of sp³-hybridized carbons (Fsp3) is 0.417. The van der Waals surface area contributed by atoms with E-state index in [1.165, 1.54) is 6.92 Å². The molecule has 3 amide bonds. The molecule has 2 aromatic rings. The van der Waals surface area contributed by atoms with E-state index >= 15 is 0 Å². The molecular formula is C24H29N5O4. The topological polar surface area (TPSA) is 104 Å². The number of pyridine rings is 1. The lowest BCUT2D eigenvalue weighted by Crippen LogP contribution is -2.50. The van der Waals surface area contributed by atoms with Crippen LogP contribution in [0, 0.1) is 5.92 Å². The maximum Gasteiger partial charge on any atom is 0.321 e. The van der Waals surface area contributed by atoms with Crippen LogP contribution in [0.3, 0.4) is 0 Å². The second kappa shape index (κ2) is 9.19. The Balaban J connectivity index is 1.46. The predicted molar refractivity (Wildman–Crippen MR) is 126 cm³/mol. The molecule has 1 aromatic heterocycles. The van der Waals surface area contributed by atoms with E-state index in [0.717, 1.165) is 12.1 Å². The summed E-state index contributed by atoms with van der Waals surface area (Å²) >= 11 is 0. The van der Waals surface area contributed by atoms with E-state index in [1.54, 1.807) is 58.8 Å². The fourth-order valence-electron chi connectivity index (χ4n) is 4.67. The molecule has 2 atom stereocenters. The highest BCUT2D eigenvalue weighted by Gasteiger charge is 2.36. The number of piperidine rings is 1. The van der Waals surface area contributed by atoms with E-state index in [9.17, 15) is 19.2 Å². The van der Waals surface area contributed by atoms with Crippen LogP contribution >= 0.6 is 0 Å². The van der Waals surface area contributed by atoms with Gasteiger partial charge < -0.3 is 25.0 Å². The van der Waals surface area contributed by atoms with Crippen LogP contribution in [0.2, 0.25) is 0 Å². The minimum atomic E-state index is -0.229. The van der Waals surface area contributed by atoms with Crippen molar-refractivity contribution >= 4 is 29.1 Å². The Morgan fingerprint density at radius 3 is 2.39 bits per heavy atom. The van der Waals surface area contributed by atoms with Crippen molar-refractivity contribution in [2.75, 3.05) is 44.4 Å². The first-order chi connectivity index (χ1) is 15.7. The molecule has 1 fully saturated rings. The van der Waals surface area contributed by atoms with Crippen LogP contribution in [-0.4, -0.2) is 65.8 Å². The molecule has 33 heavy (non-hydrogen) atoms. The van der Waals surface area contributed by atoms with Gasteiger partial charge in [0.15, 0.2) is 5.78 Å². The Labute approximate surface area is 192 Å². The number of rotatable bonds is 5. The molecule has 0 saturated carbocycles. The van der Waals surface area contributed by atoms with Gasteiger partial charge in [-0.3, -0.25) is 14.4 Å². The first-order valence-corrected chi connectivity index (χ1v) is 11.1. The number of likely N-dealkylation sites (N-methyl/N-ethyl adjacent to an activating group) is 1. The quantitative estimate of drug-likeness (QED) is 0.679. The number of urea groups is 1. The molecule has 9 nitrogen and oxygen atoms in total. The Morgan fingerprint density at radius 2 is 1.73 bits per heavy atom. The Kier molecular flexibility index (Phi) is 6.33. The fourth-order valence-corrected chi connectivity index (χ4v) is 4.67. The third kappa shape index (κ3) is 4.98. The van der Waals surface area contributed by atoms with E-state index in [1.807, 2.05) is 6.07 Å². The molecule has 4 rings (SSSR count). The minimum absolute atomic E-state index is 0.0222. The van der Waals surface area contributed by atoms with E-state index in [0.29, 0.717) is 30.9 Å². The number of aromatic nitrogens is 1. The van der Waals surface area contributed by atoms with Gasteiger partial charge in [-0.05, 0) is 69.8 Å². The van der Waals surface area contributed by atoms with Gasteiger partial charge >= 0.3 is 6.03 Å². The van der Waals surface area contributed by atoms with E-state index < -0.39 is 0 Å². The number of nitrogens with one attached hydrogen (secondary N) is 2. The SMILES string of the molecule is CC(=O)c1ccc(NC(=O)N2C[C@H]3C[C@H](C2)c2ccc(NC(=O)CN(C)C)c(=O)n2C3)cc1. The molecule has 174 valence electrons. The Hall–Kier alpha value is -3.46. The molecule has 2 N–H and O–H groups in total. The highest BCUT2D eigenvalue weighted by molar-refractivity contribution is 5.95. The molecule has 1 saturated heterocycles. The molecule has 3 heterocycles. The molecule has 2 aliphatic heterocycles. The summed E-state index contributed by atoms with van der Waals surface area (Å²) in [6, 6.07) is 10.2. The molecule has 9 heteroatoms. The standard InChI is InChI=1S/C24H29N5O4/c1-15(30)17-4-6-19(7-5-17)25-24(33)28-11-16-10-18(13-28)21-9-8-20(23(32)29(21)12-16)26-22(31)14-27(2)3/h4-9,16,18H,10-14H2,1-3H3,(H,25,33)(H,26,31)/t16-,18-/m1/s1. The summed E-state index contributed by atoms with van der Waals surface area (Å²) in [5, 5.41) is 5.62. The number of carbonyl (C=O) groups is 3. The zero-order valence-corrected chi connectivity index (χ0v) is 19.1. The van der Waals surface area contributed by atoms with Gasteiger partial charge in [0.05, 0.1) is 6.54 Å². The van der Waals surface area contributed by atoms with Crippen LogP contribution in [0.5, 0.6) is 0 Å². The highest BCUT2D eigenvalue weighted by atomic mass is 16.2. The van der Waals surface area contributed by atoms with Crippen molar-refractivity contribution in [3.63, 3.8) is 0 Å². The maximum atomic E-state index is 13.0. The summed E-state index contributed by atoms with van der Waals surface area (Å²) in [6.07, 6.45) is 0.920. The van der Waals surface area contributed by atoms with Crippen molar-refractivity contribution in [1.82, 2.24) is 14.4 Å². The number of benzene rings is 1. The molecule has 0 radical (unpaired) electrons. The Morgan fingerprint density at radius 1 is 1.00 bits per heavy atom. The lowest BCUT2D eigenvalue weighted by Gasteiger charge is -2.42. The van der Waals surface area contributed by atoms with Crippen LogP contribution in [0.15, 0.2) is 41.2 Å². The van der Waals surface area contributed by atoms with Gasteiger partial charge in [0.1, 0.15) is 5.69 Å². The van der Waals surface area contributed by atoms with Crippen LogP contribution in [-0.2, 0) is 11.3 Å². The third-order valence-electron chi connectivity index (χ3n) is 6.17. The van der Waals surface area contributed by atoms with Gasteiger partial charge in [0, 0.05) is 42.5 Å². The zero-order valence-electron chi connectivity index (χ0n) is 19.1. The number of amides is 3. The third-order valence-corrected chi connectivity index (χ3v) is 6.17. The Bertz CT molecular complexity index is 1140. The second-order valence-electron chi connectivity index (χ2n) is 9.14. The number of anilines is 2. The number of hydrogen-bond acceptors (Lipinski definition) is 5. The molecule has 2 bridgehead atoms. The average Bonchev–Trinajstić information content (AvgIpc) is 2.75. The first-order valence-electron chi connectivity index (χ1n) is 11.1. The van der Waals surface area contributed by atoms with E-state index in [4.69, 9.17) is 0 Å². The van der Waals surface area contributed by atoms with Gasteiger partial charge in [-0.1, -0.05) is 0 Å². The van der Waals surface area contributed by atoms with Crippen LogP contribution in [0.4, 0.5) is 16.2 Å². The molecule has 0 unspecified atom stereocenters. The molecule has 2 aliphatic rings. The van der Waals surface area contributed by atoms with Crippen LogP contribution in [0.1, 0.15) is 35.3 Å². The first kappa shape index (κ1) is 22.7. The van der Waals surface area contributed by atoms with Gasteiger partial charge in [-0.2, -0.15) is 0 Å². The van der Waals surface area contributed by atoms with E-state index in [-0.39, 0.29) is 47.3 Å². The number of ketones is 1. The summed E-state index contributed by atoms with van der Waals surface area (Å²) in [4.78, 5) is 53.0. The number of Topliss-reactive ketones (excluding diaryl/α,β-unsaturated/α-hetero) is 1. The monoisotopic (exact) mass is 451 g/mol. The van der Waals surface area contributed by atoms with Gasteiger partial charge in [0.25, 0.3) is 5.56 Å². The molecule has 0 aliphatic carbocycles. The van der Waals surface area contributed by atoms with E-state index in [2.05, 4.69) is 10.6 Å². The molecule has 0 spiro atoms. The van der Waals surface area contributed by atoms with Gasteiger partial charge in [-0.15, -0.1) is 0 Å².